The lowest BCUT2D eigenvalue weighted by Gasteiger charge is -2.43. The maximum Gasteiger partial charge on any atom is 0.460 e. The minimum Gasteiger partial charge on any atom is -0.237 e. The van der Waals surface area contributed by atoms with Gasteiger partial charge in [-0.2, -0.15) is 342 Å². The van der Waals surface area contributed by atoms with Crippen molar-refractivity contribution in [2.45, 2.75) is 315 Å². The number of nitrogens with zero attached hydrogens (tertiary/aromatic N) is 2. The summed E-state index contributed by atoms with van der Waals surface area (Å²) >= 11 is 0. The second-order valence-corrected chi connectivity index (χ2v) is 39.4. The highest BCUT2D eigenvalue weighted by Crippen LogP contribution is 2.71. The van der Waals surface area contributed by atoms with Gasteiger partial charge in [0.2, 0.25) is 6.33 Å². The normalized spacial score (nSPS) is 16.9. The first-order valence-corrected chi connectivity index (χ1v) is 38.8. The average molecular weight is 2260 g/mol. The molecule has 0 aliphatic rings. The standard InChI is InChI=1S/C55H35F78N2Si2/c56-20(57,26(68,69)32(80,81)38(92,93)44(104,105)50(116,117)118)1-11-136(12-2-21(58,59)27(70,71)33(82,83)39(94,95)45(106,107)51(119,120)121,13-3-22(60,61)28(72,73)34(84,85)40(96,97)46(108,109)52(122,123)124)17-9-134-7-8-135(19-134)10-18-137(14-4-23(62,63)29(74,75)35(86,87)41(98,99)47(110,111)53(125,126)127,15-5-24(64,65)30(76,77)36(88,89)42(100,101)48(112,113)54(128,129)130)16-6-25(66,67)31(78,79)37(90,91)43(102,103)49(114,115)55(131,132)133/h7-8,19H,1-6,9-18H2/q+1. The van der Waals surface area contributed by atoms with Crippen LogP contribution in [0.2, 0.25) is 48.4 Å². The molecule has 0 unspecified atom stereocenters. The topological polar surface area (TPSA) is 8.81 Å². The largest absolute Gasteiger partial charge is 0.460 e. The minimum absolute atomic E-state index is 0.790. The van der Waals surface area contributed by atoms with E-state index in [9.17, 15) is 237 Å². The van der Waals surface area contributed by atoms with Crippen molar-refractivity contribution in [1.29, 1.82) is 0 Å². The molecule has 0 saturated carbocycles. The summed E-state index contributed by atoms with van der Waals surface area (Å²) in [6.07, 6.45) is -83.1. The molecule has 0 radical (unpaired) electrons. The number of hydrogen-bond acceptors (Lipinski definition) is 0. The summed E-state index contributed by atoms with van der Waals surface area (Å²) in [6, 6.07) is -31.5. The van der Waals surface area contributed by atoms with E-state index in [1.807, 2.05) is 0 Å². The van der Waals surface area contributed by atoms with E-state index in [0.29, 0.717) is 0 Å². The Kier molecular flexibility index (Phi) is 33.5. The summed E-state index contributed by atoms with van der Waals surface area (Å²) in [4.78, 5) is 0. The zero-order chi connectivity index (χ0) is 112. The van der Waals surface area contributed by atoms with Crippen LogP contribution >= 0.6 is 0 Å². The second-order valence-electron chi connectivity index (χ2n) is 29.4. The molecular formula is C55H35F78N2Si2+. The van der Waals surface area contributed by atoms with Crippen LogP contribution in [-0.4, -0.2) is 235 Å². The molecule has 1 rings (SSSR count). The molecule has 0 aromatic carbocycles. The summed E-state index contributed by atoms with van der Waals surface area (Å²) in [5.41, 5.74) is 0. The van der Waals surface area contributed by atoms with Gasteiger partial charge in [0.05, 0.1) is 29.2 Å². The summed E-state index contributed by atoms with van der Waals surface area (Å²) < 4.78 is 1110. The number of imidazole rings is 1. The van der Waals surface area contributed by atoms with Gasteiger partial charge in [0.15, 0.2) is 0 Å². The smallest absolute Gasteiger partial charge is 0.237 e. The number of hydrogen-bond donors (Lipinski definition) is 0. The summed E-state index contributed by atoms with van der Waals surface area (Å²) in [7, 11) is -16.2. The lowest BCUT2D eigenvalue weighted by Crippen LogP contribution is -2.70. The van der Waals surface area contributed by atoms with Gasteiger partial charge in [-0.1, -0.05) is 36.3 Å². The minimum atomic E-state index is -9.49. The summed E-state index contributed by atoms with van der Waals surface area (Å²) in [5.74, 6) is -274. The summed E-state index contributed by atoms with van der Waals surface area (Å²) in [6.45, 7) is -6.04. The van der Waals surface area contributed by atoms with Crippen molar-refractivity contribution in [1.82, 2.24) is 4.57 Å². The average Bonchev–Trinajstić information content (AvgIpc) is 0.924. The van der Waals surface area contributed by atoms with E-state index in [1.54, 1.807) is 0 Å². The van der Waals surface area contributed by atoms with Gasteiger partial charge in [-0.15, -0.1) is 0 Å². The highest BCUT2D eigenvalue weighted by molar-refractivity contribution is 6.80. The Balaban J connectivity index is 5.49. The van der Waals surface area contributed by atoms with Gasteiger partial charge in [-0.3, -0.25) is 0 Å². The van der Waals surface area contributed by atoms with Crippen molar-refractivity contribution >= 4 is 16.1 Å². The van der Waals surface area contributed by atoms with Crippen LogP contribution in [0, 0.1) is 0 Å². The molecule has 0 amide bonds. The quantitative estimate of drug-likeness (QED) is 0.0349. The molecule has 0 aliphatic heterocycles. The van der Waals surface area contributed by atoms with Crippen molar-refractivity contribution in [3.8, 4) is 0 Å². The third-order valence-electron chi connectivity index (χ3n) is 20.4. The van der Waals surface area contributed by atoms with Gasteiger partial charge >= 0.3 is 215 Å². The zero-order valence-corrected chi connectivity index (χ0v) is 64.4. The highest BCUT2D eigenvalue weighted by atomic mass is 28.3. The Hall–Kier alpha value is -5.82. The first kappa shape index (κ1) is 129. The molecule has 1 aromatic heterocycles. The first-order valence-electron chi connectivity index (χ1n) is 33.2. The molecule has 0 spiro atoms. The Morgan fingerprint density at radius 1 is 0.153 bits per heavy atom. The predicted molar refractivity (Wildman–Crippen MR) is 287 cm³/mol. The molecule has 0 bridgehead atoms. The molecule has 137 heavy (non-hydrogen) atoms. The van der Waals surface area contributed by atoms with Crippen molar-refractivity contribution in [3.63, 3.8) is 0 Å². The van der Waals surface area contributed by atoms with Crippen molar-refractivity contribution < 1.29 is 347 Å². The van der Waals surface area contributed by atoms with Crippen molar-refractivity contribution in [2.75, 3.05) is 0 Å². The van der Waals surface area contributed by atoms with E-state index in [4.69, 9.17) is 0 Å². The predicted octanol–water partition coefficient (Wildman–Crippen LogP) is 30.4. The van der Waals surface area contributed by atoms with E-state index in [0.717, 1.165) is 0 Å². The molecule has 1 aromatic rings. The van der Waals surface area contributed by atoms with Crippen LogP contribution in [0.4, 0.5) is 342 Å². The van der Waals surface area contributed by atoms with Gasteiger partial charge in [0.25, 0.3) is 0 Å². The third kappa shape index (κ3) is 20.0. The Morgan fingerprint density at radius 3 is 0.409 bits per heavy atom. The maximum absolute atomic E-state index is 15.7. The molecule has 82 heteroatoms. The maximum atomic E-state index is 15.7. The Bertz CT molecular complexity index is 3560. The number of aromatic nitrogens is 2. The molecule has 0 fully saturated rings. The number of alkyl halides is 78. The van der Waals surface area contributed by atoms with E-state index in [1.165, 1.54) is 0 Å². The molecular weight excluding hydrogens is 2230 g/mol. The van der Waals surface area contributed by atoms with Crippen LogP contribution in [0.3, 0.4) is 0 Å². The lowest BCUT2D eigenvalue weighted by atomic mass is 9.93. The van der Waals surface area contributed by atoms with Crippen molar-refractivity contribution in [2.24, 2.45) is 0 Å². The molecule has 0 N–H and O–H groups in total. The van der Waals surface area contributed by atoms with Gasteiger partial charge in [0.1, 0.15) is 12.4 Å². The Labute approximate surface area is 701 Å². The van der Waals surface area contributed by atoms with E-state index < -0.39 is 359 Å². The van der Waals surface area contributed by atoms with Crippen molar-refractivity contribution in [3.05, 3.63) is 18.7 Å². The van der Waals surface area contributed by atoms with Crippen LogP contribution in [0.15, 0.2) is 18.7 Å². The fourth-order valence-corrected chi connectivity index (χ4v) is 20.8. The molecule has 1 heterocycles. The molecule has 0 atom stereocenters. The number of halogens is 78. The van der Waals surface area contributed by atoms with E-state index in [2.05, 4.69) is 0 Å². The van der Waals surface area contributed by atoms with E-state index in [-0.39, 0.29) is 0 Å². The third-order valence-corrected chi connectivity index (χ3v) is 30.8. The van der Waals surface area contributed by atoms with Crippen LogP contribution < -0.4 is 4.57 Å². The van der Waals surface area contributed by atoms with Crippen LogP contribution in [-0.2, 0) is 13.1 Å². The number of rotatable bonds is 48. The number of aryl methyl sites for hydroxylation is 2. The molecule has 0 saturated heterocycles. The highest BCUT2D eigenvalue weighted by Gasteiger charge is 2.98. The van der Waals surface area contributed by atoms with Gasteiger partial charge in [-0.05, 0) is 12.1 Å². The first-order chi connectivity index (χ1) is 58.4. The summed E-state index contributed by atoms with van der Waals surface area (Å²) in [5, 5.41) is 0. The molecule has 2 nitrogen and oxygen atoms in total. The zero-order valence-electron chi connectivity index (χ0n) is 62.4. The van der Waals surface area contributed by atoms with Crippen LogP contribution in [0.25, 0.3) is 0 Å². The van der Waals surface area contributed by atoms with Crippen LogP contribution in [0.1, 0.15) is 38.5 Å². The fourth-order valence-electron chi connectivity index (χ4n) is 11.2. The lowest BCUT2D eigenvalue weighted by molar-refractivity contribution is -0.693. The Morgan fingerprint density at radius 2 is 0.277 bits per heavy atom. The SMILES string of the molecule is FC(F)(F)C(F)(F)C(F)(F)C(F)(F)C(F)(F)C(F)(F)CC[Si](CCn1cc[n+](CC[Si](CCC(F)(F)C(F)(F)C(F)(F)C(F)(F)C(F)(F)C(F)(F)F)(CCC(F)(F)C(F)(F)C(F)(F)C(F)(F)C(F)(F)C(F)(F)F)CCC(F)(F)C(F)(F)C(F)(F)C(F)(F)C(F)(F)C(F)(F)F)c1)(CCC(F)(F)C(F)(F)C(F)(F)C(F)(F)C(F)(F)C(F)(F)F)CCC(F)(F)C(F)(F)C(F)(F)C(F)(F)C(F)(F)C(F)(F)F. The second kappa shape index (κ2) is 35.6. The van der Waals surface area contributed by atoms with Gasteiger partial charge < -0.3 is 0 Å². The van der Waals surface area contributed by atoms with E-state index >= 15 is 105 Å². The molecule has 0 aliphatic carbocycles. The van der Waals surface area contributed by atoms with Crippen LogP contribution in [0.5, 0.6) is 0 Å². The fraction of sp³-hybridized carbons (Fsp3) is 0.945. The monoisotopic (exact) mass is 2260 g/mol. The van der Waals surface area contributed by atoms with Gasteiger partial charge in [-0.25, -0.2) is 9.13 Å². The molecule has 818 valence electrons. The van der Waals surface area contributed by atoms with Gasteiger partial charge in [0, 0.05) is 38.5 Å².